The molecule has 30 heavy (non-hydrogen) atoms. The highest BCUT2D eigenvalue weighted by Crippen LogP contribution is 2.22. The van der Waals surface area contributed by atoms with Crippen LogP contribution >= 0.6 is 0 Å². The highest BCUT2D eigenvalue weighted by atomic mass is 19.1. The van der Waals surface area contributed by atoms with Gasteiger partial charge in [-0.3, -0.25) is 9.59 Å². The largest absolute Gasteiger partial charge is 0.355 e. The molecule has 1 aromatic heterocycles. The summed E-state index contributed by atoms with van der Waals surface area (Å²) in [6.45, 7) is 3.66. The second kappa shape index (κ2) is 8.44. The number of carbonyl (C=O) groups is 2. The van der Waals surface area contributed by atoms with Gasteiger partial charge in [0.25, 0.3) is 11.8 Å². The van der Waals surface area contributed by atoms with Crippen molar-refractivity contribution in [3.63, 3.8) is 0 Å². The Kier molecular flexibility index (Phi) is 5.96. The Morgan fingerprint density at radius 1 is 1.10 bits per heavy atom. The molecule has 0 radical (unpaired) electrons. The first-order chi connectivity index (χ1) is 14.2. The van der Waals surface area contributed by atoms with E-state index in [4.69, 9.17) is 0 Å². The average molecular weight is 412 g/mol. The summed E-state index contributed by atoms with van der Waals surface area (Å²) in [7, 11) is 3.22. The van der Waals surface area contributed by atoms with Gasteiger partial charge in [0.05, 0.1) is 17.0 Å². The topological polar surface area (TPSA) is 67.2 Å². The molecule has 156 valence electrons. The smallest absolute Gasteiger partial charge is 0.257 e. The van der Waals surface area contributed by atoms with E-state index in [1.165, 1.54) is 15.6 Å². The van der Waals surface area contributed by atoms with Gasteiger partial charge in [-0.25, -0.2) is 13.5 Å². The summed E-state index contributed by atoms with van der Waals surface area (Å²) in [5.41, 5.74) is 2.73. The van der Waals surface area contributed by atoms with E-state index >= 15 is 0 Å². The molecule has 0 saturated heterocycles. The minimum atomic E-state index is -0.760. The SMILES string of the molecule is CNC(=O)c1ccc(CN(C)C(=O)c2c(C)nn(-c3ccc(F)cc3F)c2C)cc1. The summed E-state index contributed by atoms with van der Waals surface area (Å²) in [4.78, 5) is 26.2. The average Bonchev–Trinajstić information content (AvgIpc) is 3.01. The van der Waals surface area contributed by atoms with Gasteiger partial charge in [-0.15, -0.1) is 0 Å². The molecule has 0 unspecified atom stereocenters. The highest BCUT2D eigenvalue weighted by molar-refractivity contribution is 5.96. The summed E-state index contributed by atoms with van der Waals surface area (Å²) >= 11 is 0. The molecule has 1 N–H and O–H groups in total. The number of rotatable bonds is 5. The van der Waals surface area contributed by atoms with Crippen molar-refractivity contribution in [3.8, 4) is 5.69 Å². The zero-order valence-electron chi connectivity index (χ0n) is 17.2. The molecule has 0 aliphatic heterocycles. The number of aryl methyl sites for hydroxylation is 1. The molecule has 3 aromatic rings. The summed E-state index contributed by atoms with van der Waals surface area (Å²) in [5, 5.41) is 6.84. The normalized spacial score (nSPS) is 10.7. The van der Waals surface area contributed by atoms with Crippen LogP contribution in [-0.4, -0.2) is 40.6 Å². The molecule has 3 rings (SSSR count). The second-order valence-corrected chi connectivity index (χ2v) is 6.99. The van der Waals surface area contributed by atoms with Crippen LogP contribution in [0.25, 0.3) is 5.69 Å². The third-order valence-corrected chi connectivity index (χ3v) is 4.85. The quantitative estimate of drug-likeness (QED) is 0.699. The fraction of sp³-hybridized carbons (Fsp3) is 0.227. The summed E-state index contributed by atoms with van der Waals surface area (Å²) < 4.78 is 28.7. The number of hydrogen-bond acceptors (Lipinski definition) is 3. The lowest BCUT2D eigenvalue weighted by Gasteiger charge is -2.18. The van der Waals surface area contributed by atoms with Crippen molar-refractivity contribution in [2.75, 3.05) is 14.1 Å². The lowest BCUT2D eigenvalue weighted by molar-refractivity contribution is 0.0783. The molecular formula is C22H22F2N4O2. The number of benzene rings is 2. The second-order valence-electron chi connectivity index (χ2n) is 6.99. The molecule has 0 fully saturated rings. The summed E-state index contributed by atoms with van der Waals surface area (Å²) in [6.07, 6.45) is 0. The van der Waals surface area contributed by atoms with Crippen LogP contribution in [0.3, 0.4) is 0 Å². The van der Waals surface area contributed by atoms with E-state index in [-0.39, 0.29) is 17.5 Å². The third kappa shape index (κ3) is 4.07. The lowest BCUT2D eigenvalue weighted by Crippen LogP contribution is -2.27. The van der Waals surface area contributed by atoms with Crippen molar-refractivity contribution in [2.45, 2.75) is 20.4 Å². The molecule has 6 nitrogen and oxygen atoms in total. The molecule has 0 saturated carbocycles. The minimum absolute atomic E-state index is 0.0727. The monoisotopic (exact) mass is 412 g/mol. The van der Waals surface area contributed by atoms with Gasteiger partial charge in [-0.1, -0.05) is 12.1 Å². The van der Waals surface area contributed by atoms with Crippen molar-refractivity contribution < 1.29 is 18.4 Å². The molecule has 0 bridgehead atoms. The summed E-state index contributed by atoms with van der Waals surface area (Å²) in [6, 6.07) is 10.2. The fourth-order valence-corrected chi connectivity index (χ4v) is 3.28. The van der Waals surface area contributed by atoms with Crippen molar-refractivity contribution in [1.82, 2.24) is 20.0 Å². The first-order valence-corrected chi connectivity index (χ1v) is 9.31. The molecule has 0 spiro atoms. The van der Waals surface area contributed by atoms with Gasteiger partial charge in [0.2, 0.25) is 0 Å². The molecule has 2 aromatic carbocycles. The van der Waals surface area contributed by atoms with E-state index in [1.54, 1.807) is 52.2 Å². The van der Waals surface area contributed by atoms with Crippen molar-refractivity contribution in [3.05, 3.63) is 82.2 Å². The number of hydrogen-bond donors (Lipinski definition) is 1. The molecule has 0 aliphatic rings. The zero-order chi connectivity index (χ0) is 22.0. The van der Waals surface area contributed by atoms with E-state index in [2.05, 4.69) is 10.4 Å². The van der Waals surface area contributed by atoms with E-state index in [9.17, 15) is 18.4 Å². The Labute approximate surface area is 173 Å². The van der Waals surface area contributed by atoms with Gasteiger partial charge < -0.3 is 10.2 Å². The Morgan fingerprint density at radius 2 is 1.77 bits per heavy atom. The Bertz CT molecular complexity index is 1110. The Morgan fingerprint density at radius 3 is 2.37 bits per heavy atom. The summed E-state index contributed by atoms with van der Waals surface area (Å²) in [5.74, 6) is -1.90. The molecule has 2 amide bonds. The molecule has 0 atom stereocenters. The van der Waals surface area contributed by atoms with Crippen LogP contribution in [0.4, 0.5) is 8.78 Å². The van der Waals surface area contributed by atoms with Crippen molar-refractivity contribution in [1.29, 1.82) is 0 Å². The van der Waals surface area contributed by atoms with E-state index in [0.29, 0.717) is 29.1 Å². The molecule has 8 heteroatoms. The van der Waals surface area contributed by atoms with Crippen LogP contribution < -0.4 is 5.32 Å². The predicted octanol–water partition coefficient (Wildman–Crippen LogP) is 3.40. The fourth-order valence-electron chi connectivity index (χ4n) is 3.28. The van der Waals surface area contributed by atoms with Gasteiger partial charge in [-0.2, -0.15) is 5.10 Å². The minimum Gasteiger partial charge on any atom is -0.355 e. The van der Waals surface area contributed by atoms with Gasteiger partial charge in [0.15, 0.2) is 5.82 Å². The van der Waals surface area contributed by atoms with Crippen LogP contribution in [0.1, 0.15) is 37.7 Å². The van der Waals surface area contributed by atoms with Crippen LogP contribution in [0, 0.1) is 25.5 Å². The van der Waals surface area contributed by atoms with E-state index < -0.39 is 11.6 Å². The van der Waals surface area contributed by atoms with Crippen LogP contribution in [0.5, 0.6) is 0 Å². The Balaban J connectivity index is 1.84. The van der Waals surface area contributed by atoms with E-state index in [0.717, 1.165) is 17.7 Å². The van der Waals surface area contributed by atoms with Gasteiger partial charge in [0, 0.05) is 32.3 Å². The molecular weight excluding hydrogens is 390 g/mol. The van der Waals surface area contributed by atoms with Gasteiger partial charge in [0.1, 0.15) is 11.5 Å². The van der Waals surface area contributed by atoms with E-state index in [1.807, 2.05) is 0 Å². The Hall–Kier alpha value is -3.55. The maximum atomic E-state index is 14.2. The van der Waals surface area contributed by atoms with Crippen LogP contribution in [-0.2, 0) is 6.54 Å². The van der Waals surface area contributed by atoms with Crippen molar-refractivity contribution >= 4 is 11.8 Å². The number of nitrogens with one attached hydrogen (secondary N) is 1. The third-order valence-electron chi connectivity index (χ3n) is 4.85. The molecule has 1 heterocycles. The van der Waals surface area contributed by atoms with Gasteiger partial charge in [-0.05, 0) is 43.7 Å². The molecule has 0 aliphatic carbocycles. The number of nitrogens with zero attached hydrogens (tertiary/aromatic N) is 3. The standard InChI is InChI=1S/C22H22F2N4O2/c1-13-20(14(2)28(26-13)19-10-9-17(23)11-18(19)24)22(30)27(4)12-15-5-7-16(8-6-15)21(29)25-3/h5-11H,12H2,1-4H3,(H,25,29). The zero-order valence-corrected chi connectivity index (χ0v) is 17.2. The van der Waals surface area contributed by atoms with Gasteiger partial charge >= 0.3 is 0 Å². The number of carbonyl (C=O) groups excluding carboxylic acids is 2. The maximum Gasteiger partial charge on any atom is 0.257 e. The highest BCUT2D eigenvalue weighted by Gasteiger charge is 2.23. The van der Waals surface area contributed by atoms with Crippen LogP contribution in [0.2, 0.25) is 0 Å². The number of halogens is 2. The van der Waals surface area contributed by atoms with Crippen molar-refractivity contribution in [2.24, 2.45) is 0 Å². The maximum absolute atomic E-state index is 14.2. The lowest BCUT2D eigenvalue weighted by atomic mass is 10.1. The predicted molar refractivity (Wildman–Crippen MR) is 109 cm³/mol. The first kappa shape index (κ1) is 21.2. The number of amides is 2. The first-order valence-electron chi connectivity index (χ1n) is 9.31. The van der Waals surface area contributed by atoms with Crippen LogP contribution in [0.15, 0.2) is 42.5 Å². The number of aromatic nitrogens is 2.